The second-order valence-corrected chi connectivity index (χ2v) is 8.90. The fourth-order valence-electron chi connectivity index (χ4n) is 4.56. The average molecular weight is 495 g/mol. The zero-order valence-electron chi connectivity index (χ0n) is 21.3. The van der Waals surface area contributed by atoms with Crippen LogP contribution >= 0.6 is 0 Å². The van der Waals surface area contributed by atoms with Crippen molar-refractivity contribution in [3.8, 4) is 28.6 Å². The number of piperidine rings is 1. The van der Waals surface area contributed by atoms with Crippen LogP contribution in [0.1, 0.15) is 43.7 Å². The minimum atomic E-state index is -0.101. The Morgan fingerprint density at radius 3 is 2.58 bits per heavy atom. The fourth-order valence-corrected chi connectivity index (χ4v) is 4.56. The molecule has 9 heteroatoms. The van der Waals surface area contributed by atoms with Gasteiger partial charge in [0.25, 0.3) is 0 Å². The van der Waals surface area contributed by atoms with Gasteiger partial charge in [0.05, 0.1) is 39.8 Å². The topological polar surface area (TPSA) is 99.0 Å². The van der Waals surface area contributed by atoms with Gasteiger partial charge in [-0.15, -0.1) is 0 Å². The van der Waals surface area contributed by atoms with Crippen LogP contribution in [0.25, 0.3) is 11.4 Å². The molecule has 1 aromatic heterocycles. The summed E-state index contributed by atoms with van der Waals surface area (Å²) in [4.78, 5) is 20.0. The van der Waals surface area contributed by atoms with E-state index in [4.69, 9.17) is 18.7 Å². The molecule has 9 nitrogen and oxygen atoms in total. The summed E-state index contributed by atoms with van der Waals surface area (Å²) in [6.07, 6.45) is 2.56. The molecule has 0 bridgehead atoms. The Kier molecular flexibility index (Phi) is 8.43. The molecule has 192 valence electrons. The number of benzene rings is 2. The largest absolute Gasteiger partial charge is 0.497 e. The van der Waals surface area contributed by atoms with Gasteiger partial charge >= 0.3 is 0 Å². The van der Waals surface area contributed by atoms with Crippen molar-refractivity contribution in [2.45, 2.75) is 38.8 Å². The number of aromatic nitrogens is 2. The molecule has 1 saturated heterocycles. The summed E-state index contributed by atoms with van der Waals surface area (Å²) in [6.45, 7) is 4.11. The molecule has 2 aromatic carbocycles. The fraction of sp³-hybridized carbons (Fsp3) is 0.444. The number of nitrogens with zero attached hydrogens (tertiary/aromatic N) is 3. The summed E-state index contributed by atoms with van der Waals surface area (Å²) >= 11 is 0. The summed E-state index contributed by atoms with van der Waals surface area (Å²) in [6, 6.07) is 13.2. The number of hydrogen-bond acceptors (Lipinski definition) is 8. The Hall–Kier alpha value is -3.59. The van der Waals surface area contributed by atoms with E-state index in [9.17, 15) is 4.79 Å². The van der Waals surface area contributed by atoms with Crippen LogP contribution in [0.2, 0.25) is 0 Å². The molecule has 1 aliphatic rings. The van der Waals surface area contributed by atoms with E-state index in [0.717, 1.165) is 42.7 Å². The van der Waals surface area contributed by atoms with E-state index in [0.29, 0.717) is 36.3 Å². The minimum Gasteiger partial charge on any atom is -0.497 e. The number of amides is 1. The van der Waals surface area contributed by atoms with Gasteiger partial charge in [-0.25, -0.2) is 0 Å². The third kappa shape index (κ3) is 5.96. The lowest BCUT2D eigenvalue weighted by Gasteiger charge is -2.32. The third-order valence-electron chi connectivity index (χ3n) is 6.59. The highest BCUT2D eigenvalue weighted by molar-refractivity contribution is 5.79. The summed E-state index contributed by atoms with van der Waals surface area (Å²) in [5.74, 6) is 3.14. The molecule has 36 heavy (non-hydrogen) atoms. The second-order valence-electron chi connectivity index (χ2n) is 8.90. The van der Waals surface area contributed by atoms with Gasteiger partial charge in [0.1, 0.15) is 5.75 Å². The highest BCUT2D eigenvalue weighted by atomic mass is 16.5. The summed E-state index contributed by atoms with van der Waals surface area (Å²) in [7, 11) is 4.85. The normalized spacial score (nSPS) is 16.8. The van der Waals surface area contributed by atoms with E-state index in [1.807, 2.05) is 42.5 Å². The van der Waals surface area contributed by atoms with Crippen molar-refractivity contribution in [1.82, 2.24) is 20.4 Å². The molecule has 2 atom stereocenters. The maximum atomic E-state index is 13.2. The highest BCUT2D eigenvalue weighted by Crippen LogP contribution is 2.31. The number of methoxy groups -OCH3 is 3. The van der Waals surface area contributed by atoms with Crippen LogP contribution in [0.4, 0.5) is 0 Å². The first-order valence-electron chi connectivity index (χ1n) is 12.3. The van der Waals surface area contributed by atoms with Crippen LogP contribution < -0.4 is 19.5 Å². The Labute approximate surface area is 211 Å². The first kappa shape index (κ1) is 25.5. The van der Waals surface area contributed by atoms with E-state index < -0.39 is 0 Å². The molecule has 4 rings (SSSR count). The standard InChI is InChI=1S/C27H34N4O5/c1-5-22(19-10-13-23(34-3)24(15-19)35-4)28-27(32)20-7-6-14-31(16-20)17-25-29-26(30-36-25)18-8-11-21(33-2)12-9-18/h8-13,15,20,22H,5-7,14,16-17H2,1-4H3,(H,28,32). The molecule has 1 amide bonds. The first-order valence-corrected chi connectivity index (χ1v) is 12.3. The van der Waals surface area contributed by atoms with Crippen LogP contribution in [0.5, 0.6) is 17.2 Å². The molecule has 0 aliphatic carbocycles. The van der Waals surface area contributed by atoms with E-state index in [2.05, 4.69) is 27.3 Å². The molecule has 0 radical (unpaired) electrons. The first-order chi connectivity index (χ1) is 17.5. The molecule has 1 N–H and O–H groups in total. The molecule has 3 aromatic rings. The number of nitrogens with one attached hydrogen (secondary N) is 1. The van der Waals surface area contributed by atoms with Crippen molar-refractivity contribution < 1.29 is 23.5 Å². The minimum absolute atomic E-state index is 0.0609. The molecule has 0 spiro atoms. The molecule has 1 aliphatic heterocycles. The Bertz CT molecular complexity index is 1150. The van der Waals surface area contributed by atoms with Crippen LogP contribution in [-0.4, -0.2) is 55.4 Å². The molecular weight excluding hydrogens is 460 g/mol. The average Bonchev–Trinajstić information content (AvgIpc) is 3.39. The van der Waals surface area contributed by atoms with Crippen molar-refractivity contribution >= 4 is 5.91 Å². The van der Waals surface area contributed by atoms with E-state index in [1.54, 1.807) is 21.3 Å². The SMILES string of the molecule is CCC(NC(=O)C1CCCN(Cc2nc(-c3ccc(OC)cc3)no2)C1)c1ccc(OC)c(OC)c1. The number of likely N-dealkylation sites (tertiary alicyclic amines) is 1. The quantitative estimate of drug-likeness (QED) is 0.447. The maximum Gasteiger partial charge on any atom is 0.241 e. The van der Waals surface area contributed by atoms with Crippen molar-refractivity contribution in [2.24, 2.45) is 5.92 Å². The van der Waals surface area contributed by atoms with Crippen molar-refractivity contribution in [1.29, 1.82) is 0 Å². The van der Waals surface area contributed by atoms with Crippen molar-refractivity contribution in [3.05, 3.63) is 53.9 Å². The lowest BCUT2D eigenvalue weighted by atomic mass is 9.95. The van der Waals surface area contributed by atoms with Gasteiger partial charge in [-0.05, 0) is 67.8 Å². The van der Waals surface area contributed by atoms with E-state index >= 15 is 0 Å². The van der Waals surface area contributed by atoms with Crippen LogP contribution in [0, 0.1) is 5.92 Å². The zero-order chi connectivity index (χ0) is 25.5. The van der Waals surface area contributed by atoms with Crippen LogP contribution in [0.15, 0.2) is 47.0 Å². The van der Waals surface area contributed by atoms with E-state index in [-0.39, 0.29) is 17.9 Å². The van der Waals surface area contributed by atoms with Crippen LogP contribution in [-0.2, 0) is 11.3 Å². The van der Waals surface area contributed by atoms with E-state index in [1.165, 1.54) is 0 Å². The predicted octanol–water partition coefficient (Wildman–Crippen LogP) is 4.24. The predicted molar refractivity (Wildman–Crippen MR) is 135 cm³/mol. The number of hydrogen-bond donors (Lipinski definition) is 1. The summed E-state index contributed by atoms with van der Waals surface area (Å²) < 4.78 is 21.5. The number of carbonyl (C=O) groups excluding carboxylic acids is 1. The van der Waals surface area contributed by atoms with Gasteiger partial charge in [0.15, 0.2) is 11.5 Å². The maximum absolute atomic E-state index is 13.2. The monoisotopic (exact) mass is 494 g/mol. The Morgan fingerprint density at radius 2 is 1.89 bits per heavy atom. The second kappa shape index (κ2) is 11.9. The zero-order valence-corrected chi connectivity index (χ0v) is 21.3. The number of ether oxygens (including phenoxy) is 3. The highest BCUT2D eigenvalue weighted by Gasteiger charge is 2.28. The summed E-state index contributed by atoms with van der Waals surface area (Å²) in [5.41, 5.74) is 1.86. The molecule has 2 heterocycles. The Morgan fingerprint density at radius 1 is 1.11 bits per heavy atom. The summed E-state index contributed by atoms with van der Waals surface area (Å²) in [5, 5.41) is 7.36. The lowest BCUT2D eigenvalue weighted by molar-refractivity contribution is -0.127. The van der Waals surface area contributed by atoms with Gasteiger partial charge in [-0.2, -0.15) is 4.98 Å². The molecular formula is C27H34N4O5. The third-order valence-corrected chi connectivity index (χ3v) is 6.59. The van der Waals surface area contributed by atoms with Crippen molar-refractivity contribution in [3.63, 3.8) is 0 Å². The molecule has 2 unspecified atom stereocenters. The van der Waals surface area contributed by atoms with Gasteiger partial charge in [-0.1, -0.05) is 18.1 Å². The molecule has 0 saturated carbocycles. The van der Waals surface area contributed by atoms with Crippen molar-refractivity contribution in [2.75, 3.05) is 34.4 Å². The number of carbonyl (C=O) groups is 1. The smallest absolute Gasteiger partial charge is 0.241 e. The Balaban J connectivity index is 1.36. The van der Waals surface area contributed by atoms with Gasteiger partial charge < -0.3 is 24.1 Å². The van der Waals surface area contributed by atoms with Crippen LogP contribution in [0.3, 0.4) is 0 Å². The van der Waals surface area contributed by atoms with Gasteiger partial charge in [0, 0.05) is 12.1 Å². The number of rotatable bonds is 10. The molecule has 1 fully saturated rings. The van der Waals surface area contributed by atoms with Gasteiger partial charge in [-0.3, -0.25) is 9.69 Å². The lowest BCUT2D eigenvalue weighted by Crippen LogP contribution is -2.43. The van der Waals surface area contributed by atoms with Gasteiger partial charge in [0.2, 0.25) is 17.6 Å².